The second-order valence-electron chi connectivity index (χ2n) is 4.66. The van der Waals surface area contributed by atoms with Crippen LogP contribution in [0, 0.1) is 0 Å². The average molecular weight is 288 g/mol. The lowest BCUT2D eigenvalue weighted by Crippen LogP contribution is -2.20. The Morgan fingerprint density at radius 3 is 1.30 bits per heavy atom. The zero-order valence-electron chi connectivity index (χ0n) is 13.0. The van der Waals surface area contributed by atoms with Crippen LogP contribution in [0.1, 0.15) is 52.4 Å². The molecule has 0 aliphatic rings. The monoisotopic (exact) mass is 288 g/mol. The van der Waals surface area contributed by atoms with Gasteiger partial charge in [-0.25, -0.2) is 0 Å². The molecule has 0 rings (SSSR count). The van der Waals surface area contributed by atoms with Crippen molar-refractivity contribution in [3.8, 4) is 0 Å². The number of nitrogens with one attached hydrogen (secondary N) is 2. The molecule has 20 heavy (non-hydrogen) atoms. The van der Waals surface area contributed by atoms with Crippen LogP contribution in [-0.4, -0.2) is 38.0 Å². The molecular weight excluding hydrogens is 256 g/mol. The van der Waals surface area contributed by atoms with E-state index in [1.165, 1.54) is 13.8 Å². The minimum atomic E-state index is 0.0488. The fourth-order valence-electron chi connectivity index (χ4n) is 1.42. The first-order chi connectivity index (χ1) is 9.54. The van der Waals surface area contributed by atoms with Crippen molar-refractivity contribution < 1.29 is 9.59 Å². The molecule has 6 N–H and O–H groups in total. The predicted molar refractivity (Wildman–Crippen MR) is 83.2 cm³/mol. The van der Waals surface area contributed by atoms with Gasteiger partial charge in [0, 0.05) is 26.9 Å². The largest absolute Gasteiger partial charge is 0.356 e. The summed E-state index contributed by atoms with van der Waals surface area (Å²) in [5.74, 6) is 0.0977. The number of hydrogen-bond donors (Lipinski definition) is 4. The molecule has 0 radical (unpaired) electrons. The number of carbonyl (C=O) groups is 2. The van der Waals surface area contributed by atoms with E-state index in [-0.39, 0.29) is 11.8 Å². The molecular formula is C14H32N4O2. The van der Waals surface area contributed by atoms with Gasteiger partial charge in [-0.05, 0) is 38.8 Å². The second-order valence-corrected chi connectivity index (χ2v) is 4.66. The molecule has 0 spiro atoms. The van der Waals surface area contributed by atoms with Gasteiger partial charge in [-0.15, -0.1) is 0 Å². The van der Waals surface area contributed by atoms with Crippen molar-refractivity contribution in [1.29, 1.82) is 0 Å². The molecule has 0 aromatic heterocycles. The number of carbonyl (C=O) groups excluding carboxylic acids is 2. The predicted octanol–water partition coefficient (Wildman–Crippen LogP) is 0.503. The summed E-state index contributed by atoms with van der Waals surface area (Å²) in [6.45, 7) is 6.14. The summed E-state index contributed by atoms with van der Waals surface area (Å²) in [6, 6.07) is 0. The van der Waals surface area contributed by atoms with E-state index in [4.69, 9.17) is 11.5 Å². The summed E-state index contributed by atoms with van der Waals surface area (Å²) in [6.07, 6.45) is 6.40. The highest BCUT2D eigenvalue weighted by Crippen LogP contribution is 1.90. The number of amides is 2. The lowest BCUT2D eigenvalue weighted by atomic mass is 10.2. The van der Waals surface area contributed by atoms with Gasteiger partial charge in [0.05, 0.1) is 0 Å². The Morgan fingerprint density at radius 1 is 0.700 bits per heavy atom. The molecule has 2 amide bonds. The molecule has 0 bridgehead atoms. The molecule has 0 saturated carbocycles. The lowest BCUT2D eigenvalue weighted by Gasteiger charge is -1.99. The van der Waals surface area contributed by atoms with E-state index in [2.05, 4.69) is 10.6 Å². The molecule has 0 unspecified atom stereocenters. The van der Waals surface area contributed by atoms with E-state index in [0.717, 1.165) is 64.7 Å². The molecule has 0 aliphatic heterocycles. The van der Waals surface area contributed by atoms with Gasteiger partial charge in [0.1, 0.15) is 0 Å². The highest BCUT2D eigenvalue weighted by atomic mass is 16.1. The lowest BCUT2D eigenvalue weighted by molar-refractivity contribution is -0.119. The zero-order valence-corrected chi connectivity index (χ0v) is 13.0. The number of hydrogen-bond acceptors (Lipinski definition) is 4. The van der Waals surface area contributed by atoms with Gasteiger partial charge in [0.2, 0.25) is 11.8 Å². The van der Waals surface area contributed by atoms with E-state index in [1.54, 1.807) is 0 Å². The van der Waals surface area contributed by atoms with Crippen LogP contribution in [-0.2, 0) is 9.59 Å². The van der Waals surface area contributed by atoms with Gasteiger partial charge in [-0.3, -0.25) is 9.59 Å². The summed E-state index contributed by atoms with van der Waals surface area (Å²) in [4.78, 5) is 20.7. The quantitative estimate of drug-likeness (QED) is 0.439. The molecule has 6 nitrogen and oxygen atoms in total. The molecule has 0 saturated heterocycles. The first kappa shape index (κ1) is 21.2. The minimum absolute atomic E-state index is 0.0488. The number of unbranched alkanes of at least 4 members (excludes halogenated alkanes) is 4. The standard InChI is InChI=1S/2C7H16N2O/c2*1-7(10)9-6-4-2-3-5-8/h2*2-6,8H2,1H3,(H,9,10). The smallest absolute Gasteiger partial charge is 0.216 e. The molecule has 0 aromatic rings. The highest BCUT2D eigenvalue weighted by molar-refractivity contribution is 5.72. The van der Waals surface area contributed by atoms with Crippen LogP contribution in [0.15, 0.2) is 0 Å². The van der Waals surface area contributed by atoms with Gasteiger partial charge < -0.3 is 22.1 Å². The molecule has 0 heterocycles. The van der Waals surface area contributed by atoms with Gasteiger partial charge in [0.15, 0.2) is 0 Å². The van der Waals surface area contributed by atoms with Crippen LogP contribution in [0.25, 0.3) is 0 Å². The van der Waals surface area contributed by atoms with Crippen LogP contribution < -0.4 is 22.1 Å². The Labute approximate surface area is 123 Å². The third-order valence-corrected chi connectivity index (χ3v) is 2.51. The topological polar surface area (TPSA) is 110 Å². The van der Waals surface area contributed by atoms with E-state index in [9.17, 15) is 9.59 Å². The van der Waals surface area contributed by atoms with Crippen LogP contribution in [0.2, 0.25) is 0 Å². The fourth-order valence-corrected chi connectivity index (χ4v) is 1.42. The Morgan fingerprint density at radius 2 is 1.05 bits per heavy atom. The van der Waals surface area contributed by atoms with Crippen molar-refractivity contribution in [2.45, 2.75) is 52.4 Å². The van der Waals surface area contributed by atoms with E-state index in [1.807, 2.05) is 0 Å². The van der Waals surface area contributed by atoms with E-state index < -0.39 is 0 Å². The Hall–Kier alpha value is -1.14. The maximum Gasteiger partial charge on any atom is 0.216 e. The SMILES string of the molecule is CC(=O)NCCCCCN.CC(=O)NCCCCCN. The van der Waals surface area contributed by atoms with Crippen molar-refractivity contribution in [1.82, 2.24) is 10.6 Å². The molecule has 120 valence electrons. The second kappa shape index (κ2) is 17.9. The first-order valence-corrected chi connectivity index (χ1v) is 7.43. The molecule has 0 aromatic carbocycles. The number of nitrogens with two attached hydrogens (primary N) is 2. The minimum Gasteiger partial charge on any atom is -0.356 e. The number of rotatable bonds is 10. The molecule has 6 heteroatoms. The maximum absolute atomic E-state index is 10.3. The third-order valence-electron chi connectivity index (χ3n) is 2.51. The van der Waals surface area contributed by atoms with Crippen molar-refractivity contribution in [2.24, 2.45) is 11.5 Å². The summed E-state index contributed by atoms with van der Waals surface area (Å²) in [7, 11) is 0. The van der Waals surface area contributed by atoms with E-state index >= 15 is 0 Å². The van der Waals surface area contributed by atoms with Gasteiger partial charge >= 0.3 is 0 Å². The molecule has 0 aliphatic carbocycles. The van der Waals surface area contributed by atoms with Crippen molar-refractivity contribution >= 4 is 11.8 Å². The Kier molecular flexibility index (Phi) is 18.9. The zero-order chi connectivity index (χ0) is 15.6. The van der Waals surface area contributed by atoms with Gasteiger partial charge in [-0.1, -0.05) is 12.8 Å². The maximum atomic E-state index is 10.3. The third kappa shape index (κ3) is 25.6. The summed E-state index contributed by atoms with van der Waals surface area (Å²) < 4.78 is 0. The average Bonchev–Trinajstić information content (AvgIpc) is 2.38. The fraction of sp³-hybridized carbons (Fsp3) is 0.857. The van der Waals surface area contributed by atoms with E-state index in [0.29, 0.717) is 0 Å². The van der Waals surface area contributed by atoms with Crippen LogP contribution in [0.3, 0.4) is 0 Å². The molecule has 0 fully saturated rings. The van der Waals surface area contributed by atoms with Crippen LogP contribution in [0.5, 0.6) is 0 Å². The first-order valence-electron chi connectivity index (χ1n) is 7.43. The summed E-state index contributed by atoms with van der Waals surface area (Å²) in [5, 5.41) is 5.45. The molecule has 0 atom stereocenters. The normalized spacial score (nSPS) is 9.40. The van der Waals surface area contributed by atoms with Crippen molar-refractivity contribution in [3.05, 3.63) is 0 Å². The highest BCUT2D eigenvalue weighted by Gasteiger charge is 1.90. The summed E-state index contributed by atoms with van der Waals surface area (Å²) >= 11 is 0. The van der Waals surface area contributed by atoms with Crippen molar-refractivity contribution in [3.63, 3.8) is 0 Å². The van der Waals surface area contributed by atoms with Crippen molar-refractivity contribution in [2.75, 3.05) is 26.2 Å². The van der Waals surface area contributed by atoms with Gasteiger partial charge in [-0.2, -0.15) is 0 Å². The van der Waals surface area contributed by atoms with Gasteiger partial charge in [0.25, 0.3) is 0 Å². The van der Waals surface area contributed by atoms with Crippen LogP contribution >= 0.6 is 0 Å². The summed E-state index contributed by atoms with van der Waals surface area (Å²) in [5.41, 5.74) is 10.6. The Bertz CT molecular complexity index is 211. The Balaban J connectivity index is 0. The van der Waals surface area contributed by atoms with Crippen LogP contribution in [0.4, 0.5) is 0 Å².